The van der Waals surface area contributed by atoms with Crippen LogP contribution in [0.4, 0.5) is 4.39 Å². The van der Waals surface area contributed by atoms with Gasteiger partial charge in [-0.1, -0.05) is 35.9 Å². The van der Waals surface area contributed by atoms with Gasteiger partial charge in [0.15, 0.2) is 5.96 Å². The van der Waals surface area contributed by atoms with E-state index in [1.54, 1.807) is 19.2 Å². The number of aliphatic imine (C=N–C) groups is 1. The molecule has 2 rings (SSSR count). The summed E-state index contributed by atoms with van der Waals surface area (Å²) in [5.74, 6) is 0.508. The van der Waals surface area contributed by atoms with E-state index in [9.17, 15) is 4.39 Å². The van der Waals surface area contributed by atoms with Gasteiger partial charge >= 0.3 is 0 Å². The Kier molecular flexibility index (Phi) is 6.22. The average Bonchev–Trinajstić information content (AvgIpc) is 2.52. The number of halogens is 2. The topological polar surface area (TPSA) is 36.4 Å². The van der Waals surface area contributed by atoms with Crippen LogP contribution in [0.2, 0.25) is 5.02 Å². The lowest BCUT2D eigenvalue weighted by Crippen LogP contribution is -2.37. The van der Waals surface area contributed by atoms with Crippen molar-refractivity contribution in [1.82, 2.24) is 10.6 Å². The molecule has 0 spiro atoms. The summed E-state index contributed by atoms with van der Waals surface area (Å²) in [6.07, 6.45) is 0.736. The summed E-state index contributed by atoms with van der Waals surface area (Å²) < 4.78 is 13.1. The first kappa shape index (κ1) is 16.3. The van der Waals surface area contributed by atoms with Crippen molar-refractivity contribution in [3.63, 3.8) is 0 Å². The summed E-state index contributed by atoms with van der Waals surface area (Å²) in [6.45, 7) is 1.35. The van der Waals surface area contributed by atoms with E-state index in [4.69, 9.17) is 11.6 Å². The summed E-state index contributed by atoms with van der Waals surface area (Å²) in [4.78, 5) is 4.16. The van der Waals surface area contributed by atoms with Crippen LogP contribution in [0, 0.1) is 5.82 Å². The van der Waals surface area contributed by atoms with Gasteiger partial charge in [0, 0.05) is 25.2 Å². The van der Waals surface area contributed by atoms with Crippen LogP contribution >= 0.6 is 11.6 Å². The fourth-order valence-electron chi connectivity index (χ4n) is 2.03. The Morgan fingerprint density at radius 2 is 1.86 bits per heavy atom. The Balaban J connectivity index is 1.76. The molecule has 0 aliphatic carbocycles. The van der Waals surface area contributed by atoms with Gasteiger partial charge in [-0.05, 0) is 41.8 Å². The molecule has 0 aliphatic rings. The van der Waals surface area contributed by atoms with Crippen LogP contribution in [0.5, 0.6) is 0 Å². The van der Waals surface area contributed by atoms with Crippen molar-refractivity contribution in [2.24, 2.45) is 4.99 Å². The molecule has 0 atom stereocenters. The van der Waals surface area contributed by atoms with E-state index < -0.39 is 0 Å². The predicted molar refractivity (Wildman–Crippen MR) is 89.8 cm³/mol. The van der Waals surface area contributed by atoms with Crippen molar-refractivity contribution < 1.29 is 4.39 Å². The Morgan fingerprint density at radius 3 is 2.55 bits per heavy atom. The molecule has 0 radical (unpaired) electrons. The van der Waals surface area contributed by atoms with Gasteiger partial charge in [-0.2, -0.15) is 0 Å². The number of guanidine groups is 1. The van der Waals surface area contributed by atoms with Gasteiger partial charge in [0.2, 0.25) is 0 Å². The fraction of sp³-hybridized carbons (Fsp3) is 0.235. The molecule has 0 saturated carbocycles. The van der Waals surface area contributed by atoms with E-state index in [-0.39, 0.29) is 5.82 Å². The minimum Gasteiger partial charge on any atom is -0.356 e. The smallest absolute Gasteiger partial charge is 0.191 e. The SMILES string of the molecule is CN=C(NCCc1cccc(F)c1)NCc1ccc(Cl)cc1. The number of rotatable bonds is 5. The maximum Gasteiger partial charge on any atom is 0.191 e. The fourth-order valence-corrected chi connectivity index (χ4v) is 2.15. The molecule has 22 heavy (non-hydrogen) atoms. The lowest BCUT2D eigenvalue weighted by Gasteiger charge is -2.12. The zero-order valence-electron chi connectivity index (χ0n) is 12.4. The molecule has 0 bridgehead atoms. The highest BCUT2D eigenvalue weighted by Crippen LogP contribution is 2.09. The lowest BCUT2D eigenvalue weighted by molar-refractivity contribution is 0.625. The number of benzene rings is 2. The summed E-state index contributed by atoms with van der Waals surface area (Å²) in [7, 11) is 1.72. The minimum atomic E-state index is -0.206. The van der Waals surface area contributed by atoms with Gasteiger partial charge in [0.1, 0.15) is 5.82 Å². The minimum absolute atomic E-state index is 0.206. The number of hydrogen-bond acceptors (Lipinski definition) is 1. The summed E-state index contributed by atoms with van der Waals surface area (Å²) in [5, 5.41) is 7.16. The zero-order chi connectivity index (χ0) is 15.8. The number of nitrogens with zero attached hydrogens (tertiary/aromatic N) is 1. The van der Waals surface area contributed by atoms with Crippen LogP contribution in [0.15, 0.2) is 53.5 Å². The molecule has 0 aromatic heterocycles. The van der Waals surface area contributed by atoms with Crippen LogP contribution < -0.4 is 10.6 Å². The summed E-state index contributed by atoms with van der Waals surface area (Å²) in [6, 6.07) is 14.3. The predicted octanol–water partition coefficient (Wildman–Crippen LogP) is 3.39. The second kappa shape index (κ2) is 8.39. The van der Waals surface area contributed by atoms with Crippen LogP contribution in [0.25, 0.3) is 0 Å². The molecule has 0 amide bonds. The van der Waals surface area contributed by atoms with Gasteiger partial charge in [-0.25, -0.2) is 4.39 Å². The molecular formula is C17H19ClFN3. The van der Waals surface area contributed by atoms with Gasteiger partial charge < -0.3 is 10.6 Å². The summed E-state index contributed by atoms with van der Waals surface area (Å²) >= 11 is 5.86. The van der Waals surface area contributed by atoms with Crippen molar-refractivity contribution in [2.75, 3.05) is 13.6 Å². The van der Waals surface area contributed by atoms with Crippen molar-refractivity contribution >= 4 is 17.6 Å². The van der Waals surface area contributed by atoms with E-state index >= 15 is 0 Å². The number of hydrogen-bond donors (Lipinski definition) is 2. The second-order valence-electron chi connectivity index (χ2n) is 4.86. The van der Waals surface area contributed by atoms with Crippen LogP contribution in [-0.2, 0) is 13.0 Å². The van der Waals surface area contributed by atoms with Crippen molar-refractivity contribution in [1.29, 1.82) is 0 Å². The summed E-state index contributed by atoms with van der Waals surface area (Å²) in [5.41, 5.74) is 2.08. The second-order valence-corrected chi connectivity index (χ2v) is 5.30. The highest BCUT2D eigenvalue weighted by Gasteiger charge is 2.00. The van der Waals surface area contributed by atoms with E-state index in [2.05, 4.69) is 15.6 Å². The monoisotopic (exact) mass is 319 g/mol. The maximum absolute atomic E-state index is 13.1. The first-order valence-electron chi connectivity index (χ1n) is 7.11. The highest BCUT2D eigenvalue weighted by molar-refractivity contribution is 6.30. The van der Waals surface area contributed by atoms with E-state index in [0.29, 0.717) is 19.0 Å². The Hall–Kier alpha value is -2.07. The third-order valence-electron chi connectivity index (χ3n) is 3.19. The van der Waals surface area contributed by atoms with E-state index in [1.807, 2.05) is 30.3 Å². The Labute approximate surface area is 135 Å². The molecule has 116 valence electrons. The molecule has 0 saturated heterocycles. The molecule has 3 nitrogen and oxygen atoms in total. The third-order valence-corrected chi connectivity index (χ3v) is 3.44. The molecular weight excluding hydrogens is 301 g/mol. The van der Waals surface area contributed by atoms with Crippen LogP contribution in [0.3, 0.4) is 0 Å². The lowest BCUT2D eigenvalue weighted by atomic mass is 10.1. The molecule has 0 heterocycles. The maximum atomic E-state index is 13.1. The van der Waals surface area contributed by atoms with E-state index in [1.165, 1.54) is 6.07 Å². The zero-order valence-corrected chi connectivity index (χ0v) is 13.2. The highest BCUT2D eigenvalue weighted by atomic mass is 35.5. The standard InChI is InChI=1S/C17H19ClFN3/c1-20-17(22-12-14-5-7-15(18)8-6-14)21-10-9-13-3-2-4-16(19)11-13/h2-8,11H,9-10,12H2,1H3,(H2,20,21,22). The van der Waals surface area contributed by atoms with Crippen LogP contribution in [0.1, 0.15) is 11.1 Å². The average molecular weight is 320 g/mol. The van der Waals surface area contributed by atoms with Gasteiger partial charge in [-0.15, -0.1) is 0 Å². The molecule has 0 aliphatic heterocycles. The van der Waals surface area contributed by atoms with Crippen molar-refractivity contribution in [3.8, 4) is 0 Å². The Bertz CT molecular complexity index is 626. The van der Waals surface area contributed by atoms with Gasteiger partial charge in [-0.3, -0.25) is 4.99 Å². The molecule has 5 heteroatoms. The third kappa shape index (κ3) is 5.37. The first-order chi connectivity index (χ1) is 10.7. The van der Waals surface area contributed by atoms with Gasteiger partial charge in [0.05, 0.1) is 0 Å². The normalized spacial score (nSPS) is 11.3. The number of nitrogens with one attached hydrogen (secondary N) is 2. The Morgan fingerprint density at radius 1 is 1.09 bits per heavy atom. The molecule has 2 N–H and O–H groups in total. The molecule has 0 unspecified atom stereocenters. The van der Waals surface area contributed by atoms with Crippen molar-refractivity contribution in [3.05, 3.63) is 70.5 Å². The largest absolute Gasteiger partial charge is 0.356 e. The molecule has 2 aromatic carbocycles. The van der Waals surface area contributed by atoms with Gasteiger partial charge in [0.25, 0.3) is 0 Å². The molecule has 2 aromatic rings. The van der Waals surface area contributed by atoms with Crippen molar-refractivity contribution in [2.45, 2.75) is 13.0 Å². The molecule has 0 fully saturated rings. The first-order valence-corrected chi connectivity index (χ1v) is 7.48. The quantitative estimate of drug-likeness (QED) is 0.654. The van der Waals surface area contributed by atoms with E-state index in [0.717, 1.165) is 22.6 Å². The van der Waals surface area contributed by atoms with Crippen LogP contribution in [-0.4, -0.2) is 19.6 Å².